The lowest BCUT2D eigenvalue weighted by Crippen LogP contribution is -2.25. The second kappa shape index (κ2) is 5.55. The first-order valence-corrected chi connectivity index (χ1v) is 7.01. The van der Waals surface area contributed by atoms with Crippen LogP contribution in [0.4, 0.5) is 0 Å². The summed E-state index contributed by atoms with van der Waals surface area (Å²) in [5.41, 5.74) is 0. The van der Waals surface area contributed by atoms with Crippen LogP contribution in [-0.2, 0) is 9.47 Å². The van der Waals surface area contributed by atoms with Crippen molar-refractivity contribution in [3.8, 4) is 5.75 Å². The van der Waals surface area contributed by atoms with Gasteiger partial charge in [0.15, 0.2) is 5.79 Å². The minimum Gasteiger partial charge on any atom is -0.489 e. The van der Waals surface area contributed by atoms with Crippen molar-refractivity contribution in [3.05, 3.63) is 26.7 Å². The predicted molar refractivity (Wildman–Crippen MR) is 74.6 cm³/mol. The quantitative estimate of drug-likeness (QED) is 0.757. The fraction of sp³-hybridized carbons (Fsp3) is 0.500. The van der Waals surface area contributed by atoms with E-state index in [1.54, 1.807) is 12.1 Å². The molecule has 18 heavy (non-hydrogen) atoms. The maximum atomic E-state index is 6.06. The first-order chi connectivity index (χ1) is 8.37. The van der Waals surface area contributed by atoms with Gasteiger partial charge < -0.3 is 14.2 Å². The molecule has 0 unspecified atom stereocenters. The molecule has 0 saturated carbocycles. The summed E-state index contributed by atoms with van der Waals surface area (Å²) in [7, 11) is 0. The van der Waals surface area contributed by atoms with Crippen LogP contribution >= 0.6 is 39.1 Å². The Bertz CT molecular complexity index is 451. The average Bonchev–Trinajstić information content (AvgIpc) is 2.62. The number of rotatable bonds is 3. The zero-order valence-corrected chi connectivity index (χ0v) is 13.1. The molecule has 1 fully saturated rings. The van der Waals surface area contributed by atoms with Gasteiger partial charge in [-0.15, -0.1) is 0 Å². The lowest BCUT2D eigenvalue weighted by molar-refractivity contribution is -0.141. The molecule has 0 aromatic heterocycles. The molecule has 0 spiro atoms. The van der Waals surface area contributed by atoms with Crippen molar-refractivity contribution in [1.29, 1.82) is 0 Å². The molecular weight excluding hydrogens is 343 g/mol. The molecule has 3 nitrogen and oxygen atoms in total. The fourth-order valence-electron chi connectivity index (χ4n) is 1.64. The molecular formula is C12H13BrCl2O3. The molecule has 1 aliphatic heterocycles. The molecule has 1 heterocycles. The van der Waals surface area contributed by atoms with Gasteiger partial charge in [-0.3, -0.25) is 0 Å². The van der Waals surface area contributed by atoms with Gasteiger partial charge in [-0.05, 0) is 35.8 Å². The highest BCUT2D eigenvalue weighted by Gasteiger charge is 2.33. The van der Waals surface area contributed by atoms with Crippen molar-refractivity contribution in [2.45, 2.75) is 25.7 Å². The summed E-state index contributed by atoms with van der Waals surface area (Å²) in [5, 5.41) is 1.06. The van der Waals surface area contributed by atoms with Crippen LogP contribution in [0.1, 0.15) is 13.8 Å². The normalized spacial score (nSPS) is 22.2. The van der Waals surface area contributed by atoms with Gasteiger partial charge >= 0.3 is 0 Å². The van der Waals surface area contributed by atoms with Crippen molar-refractivity contribution >= 4 is 39.1 Å². The zero-order valence-electron chi connectivity index (χ0n) is 10.0. The molecule has 6 heteroatoms. The Hall–Kier alpha value is -0.0000000000000000763. The van der Waals surface area contributed by atoms with E-state index in [1.807, 2.05) is 13.8 Å². The first kappa shape index (κ1) is 14.4. The second-order valence-electron chi connectivity index (χ2n) is 4.46. The molecule has 1 aliphatic rings. The fourth-order valence-corrected chi connectivity index (χ4v) is 2.49. The smallest absolute Gasteiger partial charge is 0.163 e. The van der Waals surface area contributed by atoms with Crippen molar-refractivity contribution in [1.82, 2.24) is 0 Å². The highest BCUT2D eigenvalue weighted by atomic mass is 79.9. The summed E-state index contributed by atoms with van der Waals surface area (Å²) in [6.45, 7) is 4.63. The predicted octanol–water partition coefficient (Wildman–Crippen LogP) is 4.29. The van der Waals surface area contributed by atoms with Crippen LogP contribution in [0.2, 0.25) is 10.0 Å². The van der Waals surface area contributed by atoms with Crippen LogP contribution in [0.25, 0.3) is 0 Å². The molecule has 0 radical (unpaired) electrons. The number of hydrogen-bond donors (Lipinski definition) is 0. The maximum Gasteiger partial charge on any atom is 0.163 e. The largest absolute Gasteiger partial charge is 0.489 e. The molecule has 0 N–H and O–H groups in total. The maximum absolute atomic E-state index is 6.06. The first-order valence-electron chi connectivity index (χ1n) is 5.46. The third-order valence-corrected chi connectivity index (χ3v) is 3.96. The Morgan fingerprint density at radius 1 is 1.39 bits per heavy atom. The molecule has 1 aromatic rings. The third kappa shape index (κ3) is 3.52. The van der Waals surface area contributed by atoms with Gasteiger partial charge in [0.2, 0.25) is 0 Å². The zero-order chi connectivity index (χ0) is 13.3. The van der Waals surface area contributed by atoms with E-state index in [0.29, 0.717) is 29.0 Å². The molecule has 100 valence electrons. The summed E-state index contributed by atoms with van der Waals surface area (Å²) in [4.78, 5) is 0. The van der Waals surface area contributed by atoms with Crippen molar-refractivity contribution < 1.29 is 14.2 Å². The van der Waals surface area contributed by atoms with E-state index in [4.69, 9.17) is 37.4 Å². The topological polar surface area (TPSA) is 27.7 Å². The minimum absolute atomic E-state index is 0.0986. The van der Waals surface area contributed by atoms with E-state index in [-0.39, 0.29) is 6.10 Å². The SMILES string of the molecule is CC1(C)OC[C@@H](COc2cc(Cl)c(Br)cc2Cl)O1. The van der Waals surface area contributed by atoms with Crippen LogP contribution in [0.3, 0.4) is 0 Å². The Morgan fingerprint density at radius 2 is 2.11 bits per heavy atom. The Morgan fingerprint density at radius 3 is 2.72 bits per heavy atom. The van der Waals surface area contributed by atoms with E-state index in [9.17, 15) is 0 Å². The second-order valence-corrected chi connectivity index (χ2v) is 6.13. The third-order valence-electron chi connectivity index (χ3n) is 2.47. The minimum atomic E-state index is -0.546. The van der Waals surface area contributed by atoms with Gasteiger partial charge in [0, 0.05) is 10.5 Å². The molecule has 0 aliphatic carbocycles. The van der Waals surface area contributed by atoms with Crippen molar-refractivity contribution in [2.24, 2.45) is 0 Å². The highest BCUT2D eigenvalue weighted by Crippen LogP contribution is 2.34. The summed E-state index contributed by atoms with van der Waals surface area (Å²) >= 11 is 15.3. The summed E-state index contributed by atoms with van der Waals surface area (Å²) in [5.74, 6) is -0.00647. The Balaban J connectivity index is 1.97. The number of benzene rings is 1. The lowest BCUT2D eigenvalue weighted by atomic mass is 10.3. The van der Waals surface area contributed by atoms with Gasteiger partial charge in [0.25, 0.3) is 0 Å². The number of hydrogen-bond acceptors (Lipinski definition) is 3. The van der Waals surface area contributed by atoms with E-state index in [2.05, 4.69) is 15.9 Å². The average molecular weight is 356 g/mol. The van der Waals surface area contributed by atoms with Gasteiger partial charge in [-0.1, -0.05) is 23.2 Å². The lowest BCUT2D eigenvalue weighted by Gasteiger charge is -2.17. The molecule has 2 rings (SSSR count). The Kier molecular flexibility index (Phi) is 4.44. The summed E-state index contributed by atoms with van der Waals surface area (Å²) in [6.07, 6.45) is -0.0986. The van der Waals surface area contributed by atoms with Crippen molar-refractivity contribution in [3.63, 3.8) is 0 Å². The highest BCUT2D eigenvalue weighted by molar-refractivity contribution is 9.10. The van der Waals surface area contributed by atoms with Gasteiger partial charge in [0.05, 0.1) is 16.7 Å². The number of halogens is 3. The van der Waals surface area contributed by atoms with Crippen LogP contribution in [0.5, 0.6) is 5.75 Å². The molecule has 1 saturated heterocycles. The molecule has 0 amide bonds. The molecule has 1 atom stereocenters. The van der Waals surface area contributed by atoms with E-state index >= 15 is 0 Å². The van der Waals surface area contributed by atoms with Crippen LogP contribution < -0.4 is 4.74 Å². The van der Waals surface area contributed by atoms with Gasteiger partial charge in [-0.25, -0.2) is 0 Å². The Labute approximate surface area is 124 Å². The summed E-state index contributed by atoms with van der Waals surface area (Å²) < 4.78 is 17.4. The van der Waals surface area contributed by atoms with Crippen LogP contribution in [0, 0.1) is 0 Å². The van der Waals surface area contributed by atoms with Gasteiger partial charge in [0.1, 0.15) is 18.5 Å². The molecule has 0 bridgehead atoms. The van der Waals surface area contributed by atoms with Crippen molar-refractivity contribution in [2.75, 3.05) is 13.2 Å². The van der Waals surface area contributed by atoms with E-state index in [1.165, 1.54) is 0 Å². The van der Waals surface area contributed by atoms with Crippen LogP contribution in [0.15, 0.2) is 16.6 Å². The van der Waals surface area contributed by atoms with Crippen LogP contribution in [-0.4, -0.2) is 25.1 Å². The monoisotopic (exact) mass is 354 g/mol. The molecule has 1 aromatic carbocycles. The van der Waals surface area contributed by atoms with E-state index < -0.39 is 5.79 Å². The number of ether oxygens (including phenoxy) is 3. The van der Waals surface area contributed by atoms with Gasteiger partial charge in [-0.2, -0.15) is 0 Å². The standard InChI is InChI=1S/C12H13BrCl2O3/c1-12(2)17-6-7(18-12)5-16-11-4-9(14)8(13)3-10(11)15/h3-4,7H,5-6H2,1-2H3/t7-/m1/s1. The van der Waals surface area contributed by atoms with E-state index in [0.717, 1.165) is 4.47 Å². The summed E-state index contributed by atoms with van der Waals surface area (Å²) in [6, 6.07) is 3.38.